The van der Waals surface area contributed by atoms with Gasteiger partial charge in [0.05, 0.1) is 29.3 Å². The van der Waals surface area contributed by atoms with Crippen LogP contribution in [0.4, 0.5) is 5.69 Å². The molecule has 0 spiro atoms. The lowest BCUT2D eigenvalue weighted by atomic mass is 9.96. The summed E-state index contributed by atoms with van der Waals surface area (Å²) in [5.74, 6) is 0.752. The Kier molecular flexibility index (Phi) is 7.76. The molecule has 3 aromatic carbocycles. The first kappa shape index (κ1) is 24.3. The molecule has 0 heterocycles. The maximum absolute atomic E-state index is 13.4. The Balaban J connectivity index is 1.92. The van der Waals surface area contributed by atoms with Crippen molar-refractivity contribution < 1.29 is 17.9 Å². The van der Waals surface area contributed by atoms with Gasteiger partial charge in [0.25, 0.3) is 15.9 Å². The molecule has 33 heavy (non-hydrogen) atoms. The van der Waals surface area contributed by atoms with E-state index in [9.17, 15) is 13.2 Å². The van der Waals surface area contributed by atoms with Crippen molar-refractivity contribution in [1.29, 1.82) is 0 Å². The smallest absolute Gasteiger partial charge is 0.264 e. The molecule has 174 valence electrons. The monoisotopic (exact) mass is 466 g/mol. The van der Waals surface area contributed by atoms with Crippen LogP contribution in [0.15, 0.2) is 83.8 Å². The number of carbonyl (C=O) groups excluding carboxylic acids is 1. The number of rotatable bonds is 9. The van der Waals surface area contributed by atoms with Crippen molar-refractivity contribution in [3.05, 3.63) is 90.0 Å². The highest BCUT2D eigenvalue weighted by Gasteiger charge is 2.26. The number of sulfonamides is 1. The molecule has 0 unspecified atom stereocenters. The van der Waals surface area contributed by atoms with E-state index in [-0.39, 0.29) is 16.8 Å². The van der Waals surface area contributed by atoms with Crippen LogP contribution in [-0.4, -0.2) is 28.5 Å². The summed E-state index contributed by atoms with van der Waals surface area (Å²) >= 11 is 0. The maximum Gasteiger partial charge on any atom is 0.264 e. The van der Waals surface area contributed by atoms with Gasteiger partial charge in [0.15, 0.2) is 0 Å². The summed E-state index contributed by atoms with van der Waals surface area (Å²) in [6, 6.07) is 22.3. The summed E-state index contributed by atoms with van der Waals surface area (Å²) in [5, 5.41) is 3.10. The van der Waals surface area contributed by atoms with E-state index in [4.69, 9.17) is 4.74 Å². The van der Waals surface area contributed by atoms with Crippen molar-refractivity contribution >= 4 is 21.6 Å². The lowest BCUT2D eigenvalue weighted by Crippen LogP contribution is -2.33. The number of ether oxygens (including phenoxy) is 1. The molecule has 0 radical (unpaired) electrons. The molecule has 1 N–H and O–H groups in total. The van der Waals surface area contributed by atoms with Crippen molar-refractivity contribution in [2.24, 2.45) is 5.92 Å². The van der Waals surface area contributed by atoms with Crippen molar-refractivity contribution in [2.75, 3.05) is 18.5 Å². The molecule has 0 aliphatic carbocycles. The van der Waals surface area contributed by atoms with Crippen molar-refractivity contribution in [1.82, 2.24) is 5.32 Å². The van der Waals surface area contributed by atoms with Crippen LogP contribution in [0.2, 0.25) is 0 Å². The highest BCUT2D eigenvalue weighted by atomic mass is 32.2. The third kappa shape index (κ3) is 5.73. The van der Waals surface area contributed by atoms with Crippen molar-refractivity contribution in [2.45, 2.75) is 31.2 Å². The van der Waals surface area contributed by atoms with Crippen LogP contribution < -0.4 is 14.4 Å². The van der Waals surface area contributed by atoms with Crippen LogP contribution in [0.5, 0.6) is 5.75 Å². The number of nitrogens with one attached hydrogen (secondary N) is 1. The minimum absolute atomic E-state index is 0.165. The predicted octanol–water partition coefficient (Wildman–Crippen LogP) is 5.04. The Morgan fingerprint density at radius 2 is 1.55 bits per heavy atom. The van der Waals surface area contributed by atoms with E-state index in [1.54, 1.807) is 49.6 Å². The molecular formula is C26H30N2O4S. The SMILES string of the molecule is COc1ccc([C@@H](CC(C)C)NC(=O)c2ccccc2N(C)S(=O)(=O)c2ccccc2)cc1. The van der Waals surface area contributed by atoms with E-state index in [1.165, 1.54) is 19.2 Å². The highest BCUT2D eigenvalue weighted by Crippen LogP contribution is 2.28. The van der Waals surface area contributed by atoms with Crippen molar-refractivity contribution in [3.8, 4) is 5.75 Å². The van der Waals surface area contributed by atoms with Gasteiger partial charge in [-0.3, -0.25) is 9.10 Å². The van der Waals surface area contributed by atoms with Gasteiger partial charge in [-0.15, -0.1) is 0 Å². The summed E-state index contributed by atoms with van der Waals surface area (Å²) < 4.78 is 32.7. The highest BCUT2D eigenvalue weighted by molar-refractivity contribution is 7.92. The van der Waals surface area contributed by atoms with Gasteiger partial charge in [-0.05, 0) is 54.3 Å². The Hall–Kier alpha value is -3.32. The zero-order valence-electron chi connectivity index (χ0n) is 19.4. The normalized spacial score (nSPS) is 12.3. The molecule has 0 fully saturated rings. The summed E-state index contributed by atoms with van der Waals surface area (Å²) in [5.41, 5.74) is 1.57. The number of carbonyl (C=O) groups is 1. The molecule has 1 amide bonds. The fraction of sp³-hybridized carbons (Fsp3) is 0.269. The van der Waals surface area contributed by atoms with E-state index >= 15 is 0 Å². The summed E-state index contributed by atoms with van der Waals surface area (Å²) in [6.07, 6.45) is 0.735. The summed E-state index contributed by atoms with van der Waals surface area (Å²) in [7, 11) is -0.744. The van der Waals surface area contributed by atoms with E-state index < -0.39 is 10.0 Å². The molecule has 0 aliphatic rings. The van der Waals surface area contributed by atoms with Gasteiger partial charge in [-0.25, -0.2) is 8.42 Å². The van der Waals surface area contributed by atoms with Gasteiger partial charge in [0.1, 0.15) is 5.75 Å². The number of anilines is 1. The van der Waals surface area contributed by atoms with Gasteiger partial charge >= 0.3 is 0 Å². The molecular weight excluding hydrogens is 436 g/mol. The van der Waals surface area contributed by atoms with Crippen LogP contribution in [0.3, 0.4) is 0 Å². The minimum atomic E-state index is -3.82. The molecule has 3 aromatic rings. The number of hydrogen-bond donors (Lipinski definition) is 1. The molecule has 0 bridgehead atoms. The average Bonchev–Trinajstić information content (AvgIpc) is 2.83. The molecule has 3 rings (SSSR count). The predicted molar refractivity (Wildman–Crippen MR) is 131 cm³/mol. The first-order valence-corrected chi connectivity index (χ1v) is 12.3. The van der Waals surface area contributed by atoms with E-state index in [2.05, 4.69) is 19.2 Å². The Bertz CT molecular complexity index is 1180. The van der Waals surface area contributed by atoms with Gasteiger partial charge in [0, 0.05) is 7.05 Å². The van der Waals surface area contributed by atoms with E-state index in [0.717, 1.165) is 22.0 Å². The standard InChI is InChI=1S/C26H30N2O4S/c1-19(2)18-24(20-14-16-21(32-4)17-15-20)27-26(29)23-12-8-9-13-25(23)28(3)33(30,31)22-10-6-5-7-11-22/h5-17,19,24H,18H2,1-4H3,(H,27,29)/t24-/m1/s1. The van der Waals surface area contributed by atoms with Crippen LogP contribution >= 0.6 is 0 Å². The molecule has 0 aromatic heterocycles. The molecule has 1 atom stereocenters. The second-order valence-electron chi connectivity index (χ2n) is 8.23. The number of methoxy groups -OCH3 is 1. The molecule has 0 saturated carbocycles. The minimum Gasteiger partial charge on any atom is -0.497 e. The van der Waals surface area contributed by atoms with Gasteiger partial charge < -0.3 is 10.1 Å². The average molecular weight is 467 g/mol. The van der Waals surface area contributed by atoms with Crippen LogP contribution in [0.1, 0.15) is 42.2 Å². The maximum atomic E-state index is 13.4. The summed E-state index contributed by atoms with van der Waals surface area (Å²) in [4.78, 5) is 13.5. The van der Waals surface area contributed by atoms with E-state index in [1.807, 2.05) is 24.3 Å². The fourth-order valence-corrected chi connectivity index (χ4v) is 4.88. The van der Waals surface area contributed by atoms with Gasteiger partial charge in [0.2, 0.25) is 0 Å². The molecule has 7 heteroatoms. The van der Waals surface area contributed by atoms with Gasteiger partial charge in [-0.2, -0.15) is 0 Å². The Labute approximate surface area is 196 Å². The second kappa shape index (κ2) is 10.5. The zero-order chi connectivity index (χ0) is 24.0. The fourth-order valence-electron chi connectivity index (χ4n) is 3.64. The number of hydrogen-bond acceptors (Lipinski definition) is 4. The summed E-state index contributed by atoms with van der Waals surface area (Å²) in [6.45, 7) is 4.19. The Morgan fingerprint density at radius 3 is 2.15 bits per heavy atom. The number of nitrogens with zero attached hydrogens (tertiary/aromatic N) is 1. The zero-order valence-corrected chi connectivity index (χ0v) is 20.2. The molecule has 6 nitrogen and oxygen atoms in total. The third-order valence-corrected chi connectivity index (χ3v) is 7.21. The van der Waals surface area contributed by atoms with Crippen LogP contribution in [-0.2, 0) is 10.0 Å². The van der Waals surface area contributed by atoms with Gasteiger partial charge in [-0.1, -0.05) is 56.3 Å². The first-order chi connectivity index (χ1) is 15.7. The van der Waals surface area contributed by atoms with Crippen molar-refractivity contribution in [3.63, 3.8) is 0 Å². The van der Waals surface area contributed by atoms with Crippen LogP contribution in [0, 0.1) is 5.92 Å². The molecule has 0 aliphatic heterocycles. The van der Waals surface area contributed by atoms with Crippen LogP contribution in [0.25, 0.3) is 0 Å². The number of para-hydroxylation sites is 1. The first-order valence-electron chi connectivity index (χ1n) is 10.8. The lowest BCUT2D eigenvalue weighted by molar-refractivity contribution is 0.0932. The second-order valence-corrected chi connectivity index (χ2v) is 10.2. The van der Waals surface area contributed by atoms with E-state index in [0.29, 0.717) is 17.2 Å². The lowest BCUT2D eigenvalue weighted by Gasteiger charge is -2.25. The quantitative estimate of drug-likeness (QED) is 0.479. The topological polar surface area (TPSA) is 75.7 Å². The Morgan fingerprint density at radius 1 is 0.939 bits per heavy atom. The largest absolute Gasteiger partial charge is 0.497 e. The third-order valence-electron chi connectivity index (χ3n) is 5.42. The molecule has 0 saturated heterocycles. The number of benzene rings is 3. The number of amides is 1.